The molecule has 0 amide bonds. The maximum Gasteiger partial charge on any atom is 0.230 e. The Bertz CT molecular complexity index is 305. The minimum atomic E-state index is -1.93. The summed E-state index contributed by atoms with van der Waals surface area (Å²) in [4.78, 5) is 0. The molecule has 0 aliphatic rings. The van der Waals surface area contributed by atoms with Crippen LogP contribution in [-0.2, 0) is 4.33 Å². The molecule has 74 valence electrons. The number of alkyl halides is 5. The van der Waals surface area contributed by atoms with Crippen molar-refractivity contribution in [3.63, 3.8) is 0 Å². The van der Waals surface area contributed by atoms with Gasteiger partial charge in [0, 0.05) is 0 Å². The lowest BCUT2D eigenvalue weighted by atomic mass is 10.4. The Morgan fingerprint density at radius 3 is 2.00 bits per heavy atom. The van der Waals surface area contributed by atoms with E-state index in [0.29, 0.717) is 0 Å². The normalized spacial score (nSPS) is 13.4. The molecule has 0 spiro atoms. The van der Waals surface area contributed by atoms with Crippen molar-refractivity contribution in [1.82, 2.24) is 19.2 Å². The molecule has 0 unspecified atom stereocenters. The van der Waals surface area contributed by atoms with E-state index in [1.165, 1.54) is 0 Å². The number of hydrogen-bond donors (Lipinski definition) is 0. The van der Waals surface area contributed by atoms with Gasteiger partial charge in [-0.2, -0.15) is 3.71 Å². The Balaban J connectivity index is 3.15. The van der Waals surface area contributed by atoms with Gasteiger partial charge in [0.15, 0.2) is 0 Å². The van der Waals surface area contributed by atoms with Crippen molar-refractivity contribution in [2.75, 3.05) is 0 Å². The van der Waals surface area contributed by atoms with E-state index in [0.717, 1.165) is 3.71 Å². The second-order valence-corrected chi connectivity index (χ2v) is 6.22. The van der Waals surface area contributed by atoms with Crippen molar-refractivity contribution >= 4 is 74.2 Å². The summed E-state index contributed by atoms with van der Waals surface area (Å²) in [5.41, 5.74) is 0. The number of nitrogens with zero attached hydrogens (tertiary/aromatic N) is 4. The molecule has 0 aliphatic heterocycles. The lowest BCUT2D eigenvalue weighted by Crippen LogP contribution is -2.30. The van der Waals surface area contributed by atoms with E-state index in [4.69, 9.17) is 58.0 Å². The summed E-state index contributed by atoms with van der Waals surface area (Å²) in [6, 6.07) is 0. The molecule has 10 heteroatoms. The highest BCUT2D eigenvalue weighted by Crippen LogP contribution is 2.52. The predicted molar refractivity (Wildman–Crippen MR) is 55.8 cm³/mol. The van der Waals surface area contributed by atoms with Crippen LogP contribution in [0.2, 0.25) is 0 Å². The topological polar surface area (TPSA) is 43.6 Å². The van der Waals surface area contributed by atoms with Gasteiger partial charge < -0.3 is 0 Å². The van der Waals surface area contributed by atoms with Gasteiger partial charge in [-0.1, -0.05) is 58.0 Å². The van der Waals surface area contributed by atoms with Crippen molar-refractivity contribution in [2.45, 2.75) is 8.13 Å². The lowest BCUT2D eigenvalue weighted by Gasteiger charge is -2.24. The predicted octanol–water partition coefficient (Wildman–Crippen LogP) is 2.83. The highest BCUT2D eigenvalue weighted by molar-refractivity contribution is 9.08. The fourth-order valence-corrected chi connectivity index (χ4v) is 1.58. The summed E-state index contributed by atoms with van der Waals surface area (Å²) in [5, 5.41) is 10.2. The number of aromatic nitrogens is 4. The summed E-state index contributed by atoms with van der Waals surface area (Å²) < 4.78 is -2.73. The second-order valence-electron chi connectivity index (χ2n) is 1.93. The summed E-state index contributed by atoms with van der Waals surface area (Å²) >= 11 is 31.0. The zero-order valence-electron chi connectivity index (χ0n) is 5.56. The van der Waals surface area contributed by atoms with Crippen molar-refractivity contribution < 1.29 is 0 Å². The van der Waals surface area contributed by atoms with Crippen LogP contribution >= 0.6 is 74.2 Å². The van der Waals surface area contributed by atoms with Gasteiger partial charge >= 0.3 is 0 Å². The molecule has 0 atom stereocenters. The molecule has 4 nitrogen and oxygen atoms in total. The molecule has 1 rings (SSSR count). The van der Waals surface area contributed by atoms with Crippen LogP contribution in [-0.4, -0.2) is 23.0 Å². The van der Waals surface area contributed by atoms with Crippen molar-refractivity contribution in [3.05, 3.63) is 5.82 Å². The number of rotatable bonds is 1. The van der Waals surface area contributed by atoms with Crippen LogP contribution < -0.4 is 0 Å². The Morgan fingerprint density at radius 2 is 1.69 bits per heavy atom. The third kappa shape index (κ3) is 2.33. The van der Waals surface area contributed by atoms with Crippen LogP contribution in [0.1, 0.15) is 5.82 Å². The molecule has 13 heavy (non-hydrogen) atoms. The van der Waals surface area contributed by atoms with E-state index in [1.54, 1.807) is 0 Å². The maximum absolute atomic E-state index is 5.76. The first kappa shape index (κ1) is 12.1. The molecular weight excluding hydrogens is 349 g/mol. The van der Waals surface area contributed by atoms with Gasteiger partial charge in [0.25, 0.3) is 0 Å². The fourth-order valence-electron chi connectivity index (χ4n) is 0.482. The first-order valence-corrected chi connectivity index (χ1v) is 5.26. The average Bonchev–Trinajstić information content (AvgIpc) is 2.32. The SMILES string of the molecule is ClC(Cl)(Cl)C(Cl)(Cl)c1nnnn1Br. The summed E-state index contributed by atoms with van der Waals surface area (Å²) in [6.45, 7) is 0. The lowest BCUT2D eigenvalue weighted by molar-refractivity contribution is 0.774. The molecular formula is C3BrCl5N4. The van der Waals surface area contributed by atoms with Crippen LogP contribution in [0.4, 0.5) is 0 Å². The van der Waals surface area contributed by atoms with Crippen molar-refractivity contribution in [2.24, 2.45) is 0 Å². The Morgan fingerprint density at radius 1 is 1.15 bits per heavy atom. The quantitative estimate of drug-likeness (QED) is 0.733. The van der Waals surface area contributed by atoms with E-state index in [9.17, 15) is 0 Å². The van der Waals surface area contributed by atoms with Crippen LogP contribution in [0.25, 0.3) is 0 Å². The Labute approximate surface area is 107 Å². The number of tetrazole rings is 1. The van der Waals surface area contributed by atoms with Gasteiger partial charge in [-0.25, -0.2) is 0 Å². The summed E-state index contributed by atoms with van der Waals surface area (Å²) in [6.07, 6.45) is 0. The highest BCUT2D eigenvalue weighted by Gasteiger charge is 2.51. The van der Waals surface area contributed by atoms with E-state index in [2.05, 4.69) is 31.7 Å². The summed E-state index contributed by atoms with van der Waals surface area (Å²) in [5.74, 6) is -0.0177. The van der Waals surface area contributed by atoms with Gasteiger partial charge in [-0.05, 0) is 10.4 Å². The molecule has 0 radical (unpaired) electrons. The molecule has 0 bridgehead atoms. The zero-order valence-corrected chi connectivity index (χ0v) is 10.9. The van der Waals surface area contributed by atoms with E-state index < -0.39 is 8.13 Å². The minimum absolute atomic E-state index is 0.0177. The van der Waals surface area contributed by atoms with Gasteiger partial charge in [-0.3, -0.25) is 0 Å². The largest absolute Gasteiger partial charge is 0.230 e. The first-order valence-electron chi connectivity index (χ1n) is 2.66. The summed E-state index contributed by atoms with van der Waals surface area (Å²) in [7, 11) is 0. The molecule has 1 aromatic heterocycles. The van der Waals surface area contributed by atoms with Crippen molar-refractivity contribution in [1.29, 1.82) is 0 Å². The van der Waals surface area contributed by atoms with Crippen LogP contribution in [0, 0.1) is 0 Å². The molecule has 0 N–H and O–H groups in total. The van der Waals surface area contributed by atoms with Gasteiger partial charge in [0.05, 0.1) is 16.1 Å². The average molecular weight is 349 g/mol. The van der Waals surface area contributed by atoms with E-state index in [1.807, 2.05) is 0 Å². The fraction of sp³-hybridized carbons (Fsp3) is 0.667. The van der Waals surface area contributed by atoms with Gasteiger partial charge in [0.2, 0.25) is 14.0 Å². The molecule has 0 saturated heterocycles. The van der Waals surface area contributed by atoms with Gasteiger partial charge in [-0.15, -0.1) is 5.10 Å². The maximum atomic E-state index is 5.76. The van der Waals surface area contributed by atoms with E-state index in [-0.39, 0.29) is 5.82 Å². The Kier molecular flexibility index (Phi) is 3.59. The highest BCUT2D eigenvalue weighted by atomic mass is 79.9. The smallest absolute Gasteiger partial charge is 0.158 e. The van der Waals surface area contributed by atoms with E-state index >= 15 is 0 Å². The zero-order chi connectivity index (χ0) is 10.3. The third-order valence-electron chi connectivity index (χ3n) is 1.07. The van der Waals surface area contributed by atoms with Crippen molar-refractivity contribution in [3.8, 4) is 0 Å². The molecule has 1 aromatic rings. The Hall–Kier alpha value is 1.00. The first-order chi connectivity index (χ1) is 5.77. The molecule has 1 heterocycles. The molecule has 0 aromatic carbocycles. The molecule has 0 aliphatic carbocycles. The molecule has 0 saturated carbocycles. The minimum Gasteiger partial charge on any atom is -0.158 e. The van der Waals surface area contributed by atoms with Crippen LogP contribution in [0.5, 0.6) is 0 Å². The van der Waals surface area contributed by atoms with Crippen LogP contribution in [0.15, 0.2) is 0 Å². The second kappa shape index (κ2) is 3.87. The molecule has 0 fully saturated rings. The number of halogens is 6. The third-order valence-corrected chi connectivity index (χ3v) is 3.88. The standard InChI is InChI=1S/C3BrCl5N4/c4-13-1(10-11-12-13)2(5,6)3(7,8)9. The van der Waals surface area contributed by atoms with Gasteiger partial charge in [0.1, 0.15) is 0 Å². The monoisotopic (exact) mass is 346 g/mol. The van der Waals surface area contributed by atoms with Crippen LogP contribution in [0.3, 0.4) is 0 Å². The number of hydrogen-bond acceptors (Lipinski definition) is 3.